The molecule has 0 aromatic carbocycles. The monoisotopic (exact) mass is 322 g/mol. The first-order valence-corrected chi connectivity index (χ1v) is 8.34. The second kappa shape index (κ2) is 8.30. The molecule has 0 aromatic rings. The fourth-order valence-electron chi connectivity index (χ4n) is 1.85. The zero-order valence-corrected chi connectivity index (χ0v) is 13.2. The topological polar surface area (TPSA) is 93.2 Å². The molecule has 122 valence electrons. The van der Waals surface area contributed by atoms with Gasteiger partial charge in [0.1, 0.15) is 0 Å². The van der Waals surface area contributed by atoms with Crippen LogP contribution in [-0.2, 0) is 29.1 Å². The lowest BCUT2D eigenvalue weighted by Gasteiger charge is -2.26. The Morgan fingerprint density at radius 3 is 2.43 bits per heavy atom. The number of carbonyl (C=O) groups excluding carboxylic acids is 2. The van der Waals surface area contributed by atoms with E-state index in [1.807, 2.05) is 0 Å². The summed E-state index contributed by atoms with van der Waals surface area (Å²) >= 11 is 0. The van der Waals surface area contributed by atoms with Crippen molar-refractivity contribution in [3.05, 3.63) is 0 Å². The van der Waals surface area contributed by atoms with Gasteiger partial charge in [0.05, 0.1) is 32.5 Å². The fourth-order valence-corrected chi connectivity index (χ4v) is 3.24. The van der Waals surface area contributed by atoms with Gasteiger partial charge in [-0.1, -0.05) is 0 Å². The lowest BCUT2D eigenvalue weighted by Crippen LogP contribution is -2.42. The number of amides is 1. The Hall–Kier alpha value is -1.19. The molecule has 1 amide bonds. The normalized spacial score (nSPS) is 16.5. The van der Waals surface area contributed by atoms with E-state index in [1.165, 1.54) is 23.4 Å². The molecular formula is C12H22N2O6S. The highest BCUT2D eigenvalue weighted by Gasteiger charge is 2.25. The Bertz CT molecular complexity index is 458. The molecule has 0 bridgehead atoms. The van der Waals surface area contributed by atoms with E-state index in [4.69, 9.17) is 4.74 Å². The second-order valence-electron chi connectivity index (χ2n) is 4.72. The van der Waals surface area contributed by atoms with Gasteiger partial charge in [0.25, 0.3) is 0 Å². The summed E-state index contributed by atoms with van der Waals surface area (Å²) in [4.78, 5) is 24.2. The van der Waals surface area contributed by atoms with Gasteiger partial charge in [-0.2, -0.15) is 4.31 Å². The fraction of sp³-hybridized carbons (Fsp3) is 0.833. The van der Waals surface area contributed by atoms with Crippen molar-refractivity contribution in [1.82, 2.24) is 9.21 Å². The highest BCUT2D eigenvalue weighted by Crippen LogP contribution is 2.08. The smallest absolute Gasteiger partial charge is 0.307 e. The molecule has 0 atom stereocenters. The second-order valence-corrected chi connectivity index (χ2v) is 6.81. The average molecular weight is 322 g/mol. The summed E-state index contributed by atoms with van der Waals surface area (Å²) < 4.78 is 35.0. The van der Waals surface area contributed by atoms with Crippen LogP contribution in [-0.4, -0.2) is 82.3 Å². The molecule has 0 aliphatic carbocycles. The molecule has 0 aromatic heterocycles. The Labute approximate surface area is 125 Å². The Balaban J connectivity index is 2.38. The number of morpholine rings is 1. The van der Waals surface area contributed by atoms with E-state index >= 15 is 0 Å². The molecule has 21 heavy (non-hydrogen) atoms. The van der Waals surface area contributed by atoms with Crippen molar-refractivity contribution in [3.8, 4) is 0 Å². The van der Waals surface area contributed by atoms with Crippen LogP contribution in [0.15, 0.2) is 0 Å². The molecule has 0 unspecified atom stereocenters. The first-order valence-electron chi connectivity index (χ1n) is 6.73. The molecule has 1 rings (SSSR count). The number of carbonyl (C=O) groups is 2. The van der Waals surface area contributed by atoms with Gasteiger partial charge in [0.2, 0.25) is 15.9 Å². The van der Waals surface area contributed by atoms with Crippen LogP contribution in [0.2, 0.25) is 0 Å². The maximum absolute atomic E-state index is 12.1. The highest BCUT2D eigenvalue weighted by molar-refractivity contribution is 7.89. The predicted octanol–water partition coefficient (Wildman–Crippen LogP) is -0.940. The molecule has 1 saturated heterocycles. The van der Waals surface area contributed by atoms with E-state index in [0.717, 1.165) is 0 Å². The minimum atomic E-state index is -3.43. The Morgan fingerprint density at radius 1 is 1.24 bits per heavy atom. The summed E-state index contributed by atoms with van der Waals surface area (Å²) in [6.07, 6.45) is -0.00762. The minimum Gasteiger partial charge on any atom is -0.469 e. The van der Waals surface area contributed by atoms with E-state index in [-0.39, 0.29) is 31.0 Å². The van der Waals surface area contributed by atoms with Crippen LogP contribution >= 0.6 is 0 Å². The number of nitrogens with zero attached hydrogens (tertiary/aromatic N) is 2. The van der Waals surface area contributed by atoms with E-state index in [0.29, 0.717) is 26.3 Å². The number of ether oxygens (including phenoxy) is 2. The number of hydrogen-bond donors (Lipinski definition) is 0. The molecule has 1 fully saturated rings. The molecule has 1 heterocycles. The molecule has 9 heteroatoms. The van der Waals surface area contributed by atoms with Crippen LogP contribution < -0.4 is 0 Å². The zero-order valence-electron chi connectivity index (χ0n) is 12.4. The minimum absolute atomic E-state index is 0.0922. The molecule has 0 N–H and O–H groups in total. The van der Waals surface area contributed by atoms with Crippen LogP contribution in [0.4, 0.5) is 0 Å². The van der Waals surface area contributed by atoms with E-state index in [2.05, 4.69) is 4.74 Å². The summed E-state index contributed by atoms with van der Waals surface area (Å²) in [6, 6.07) is 0. The SMILES string of the molecule is COC(=O)CCN(C)C(=O)CCS(=O)(=O)N1CCOCC1. The summed E-state index contributed by atoms with van der Waals surface area (Å²) in [5.41, 5.74) is 0. The van der Waals surface area contributed by atoms with Crippen LogP contribution in [0.3, 0.4) is 0 Å². The lowest BCUT2D eigenvalue weighted by molar-refractivity contribution is -0.141. The number of esters is 1. The van der Waals surface area contributed by atoms with E-state index in [1.54, 1.807) is 0 Å². The molecule has 1 aliphatic heterocycles. The summed E-state index contributed by atoms with van der Waals surface area (Å²) in [6.45, 7) is 1.63. The third kappa shape index (κ3) is 5.98. The summed E-state index contributed by atoms with van der Waals surface area (Å²) in [7, 11) is -0.622. The largest absolute Gasteiger partial charge is 0.469 e. The van der Waals surface area contributed by atoms with Crippen LogP contribution in [0.5, 0.6) is 0 Å². The number of methoxy groups -OCH3 is 1. The predicted molar refractivity (Wildman–Crippen MR) is 75.1 cm³/mol. The molecule has 0 spiro atoms. The maximum atomic E-state index is 12.1. The Kier molecular flexibility index (Phi) is 7.06. The first kappa shape index (κ1) is 17.9. The van der Waals surface area contributed by atoms with Crippen LogP contribution in [0.25, 0.3) is 0 Å². The average Bonchev–Trinajstić information content (AvgIpc) is 2.50. The van der Waals surface area contributed by atoms with Gasteiger partial charge in [0, 0.05) is 33.1 Å². The van der Waals surface area contributed by atoms with Crippen molar-refractivity contribution in [3.63, 3.8) is 0 Å². The number of sulfonamides is 1. The maximum Gasteiger partial charge on any atom is 0.307 e. The molecule has 0 radical (unpaired) electrons. The zero-order chi connectivity index (χ0) is 15.9. The van der Waals surface area contributed by atoms with Gasteiger partial charge in [-0.3, -0.25) is 9.59 Å². The van der Waals surface area contributed by atoms with Crippen molar-refractivity contribution < 1.29 is 27.5 Å². The first-order chi connectivity index (χ1) is 9.86. The quantitative estimate of drug-likeness (QED) is 0.562. The third-order valence-electron chi connectivity index (χ3n) is 3.24. The van der Waals surface area contributed by atoms with Gasteiger partial charge in [0.15, 0.2) is 0 Å². The third-order valence-corrected chi connectivity index (χ3v) is 5.11. The highest BCUT2D eigenvalue weighted by atomic mass is 32.2. The number of rotatable bonds is 7. The van der Waals surface area contributed by atoms with Gasteiger partial charge in [-0.15, -0.1) is 0 Å². The van der Waals surface area contributed by atoms with Crippen molar-refractivity contribution in [2.75, 3.05) is 52.8 Å². The van der Waals surface area contributed by atoms with Gasteiger partial charge in [-0.25, -0.2) is 8.42 Å². The summed E-state index contributed by atoms with van der Waals surface area (Å²) in [5.74, 6) is -0.944. The van der Waals surface area contributed by atoms with Crippen molar-refractivity contribution in [2.24, 2.45) is 0 Å². The molecule has 8 nitrogen and oxygen atoms in total. The van der Waals surface area contributed by atoms with Gasteiger partial charge in [-0.05, 0) is 0 Å². The molecule has 0 saturated carbocycles. The van der Waals surface area contributed by atoms with Crippen LogP contribution in [0.1, 0.15) is 12.8 Å². The standard InChI is InChI=1S/C12H22N2O6S/c1-13(5-3-12(16)19-2)11(15)4-10-21(17,18)14-6-8-20-9-7-14/h3-10H2,1-2H3. The molecular weight excluding hydrogens is 300 g/mol. The summed E-state index contributed by atoms with van der Waals surface area (Å²) in [5, 5.41) is 0. The van der Waals surface area contributed by atoms with Crippen LogP contribution in [0, 0.1) is 0 Å². The van der Waals surface area contributed by atoms with E-state index < -0.39 is 16.0 Å². The van der Waals surface area contributed by atoms with Crippen molar-refractivity contribution in [1.29, 1.82) is 0 Å². The van der Waals surface area contributed by atoms with Gasteiger partial charge >= 0.3 is 5.97 Å². The van der Waals surface area contributed by atoms with Crippen molar-refractivity contribution >= 4 is 21.9 Å². The lowest BCUT2D eigenvalue weighted by atomic mass is 10.3. The van der Waals surface area contributed by atoms with Crippen molar-refractivity contribution in [2.45, 2.75) is 12.8 Å². The number of hydrogen-bond acceptors (Lipinski definition) is 6. The Morgan fingerprint density at radius 2 is 1.86 bits per heavy atom. The van der Waals surface area contributed by atoms with E-state index in [9.17, 15) is 18.0 Å². The van der Waals surface area contributed by atoms with Gasteiger partial charge < -0.3 is 14.4 Å². The molecule has 1 aliphatic rings.